The van der Waals surface area contributed by atoms with E-state index in [0.717, 1.165) is 30.8 Å². The topological polar surface area (TPSA) is 81.0 Å². The van der Waals surface area contributed by atoms with Crippen LogP contribution in [0.2, 0.25) is 0 Å². The maximum Gasteiger partial charge on any atom is 0.250 e. The number of aromatic hydroxyl groups is 1. The van der Waals surface area contributed by atoms with Gasteiger partial charge in [0.1, 0.15) is 17.2 Å². The van der Waals surface area contributed by atoms with E-state index in [1.54, 1.807) is 31.4 Å². The van der Waals surface area contributed by atoms with Crippen molar-refractivity contribution in [3.63, 3.8) is 0 Å². The van der Waals surface area contributed by atoms with Crippen molar-refractivity contribution >= 4 is 11.9 Å². The molecule has 0 unspecified atom stereocenters. The fraction of sp³-hybridized carbons (Fsp3) is 0.286. The fourth-order valence-corrected chi connectivity index (χ4v) is 5.72. The third kappa shape index (κ3) is 3.72. The number of aromatic nitrogens is 1. The molecular formula is C28H26N2O5. The van der Waals surface area contributed by atoms with Crippen molar-refractivity contribution in [1.29, 1.82) is 0 Å². The molecule has 0 aliphatic carbocycles. The molecule has 35 heavy (non-hydrogen) atoms. The van der Waals surface area contributed by atoms with E-state index in [1.165, 1.54) is 0 Å². The van der Waals surface area contributed by atoms with E-state index in [1.807, 2.05) is 41.0 Å². The van der Waals surface area contributed by atoms with Crippen LogP contribution in [0.1, 0.15) is 39.5 Å². The molecule has 0 amide bonds. The van der Waals surface area contributed by atoms with Gasteiger partial charge in [0.05, 0.1) is 18.2 Å². The predicted molar refractivity (Wildman–Crippen MR) is 131 cm³/mol. The number of pyridine rings is 1. The van der Waals surface area contributed by atoms with Gasteiger partial charge >= 0.3 is 0 Å². The van der Waals surface area contributed by atoms with E-state index in [9.17, 15) is 14.7 Å². The van der Waals surface area contributed by atoms with Crippen LogP contribution in [0.25, 0.3) is 6.08 Å². The van der Waals surface area contributed by atoms with Crippen LogP contribution in [0.15, 0.2) is 65.2 Å². The van der Waals surface area contributed by atoms with Gasteiger partial charge in [0, 0.05) is 49.4 Å². The lowest BCUT2D eigenvalue weighted by molar-refractivity contribution is 0.101. The molecule has 1 aromatic heterocycles. The van der Waals surface area contributed by atoms with Crippen molar-refractivity contribution in [2.45, 2.75) is 25.4 Å². The summed E-state index contributed by atoms with van der Waals surface area (Å²) >= 11 is 0. The van der Waals surface area contributed by atoms with Gasteiger partial charge in [-0.25, -0.2) is 0 Å². The summed E-state index contributed by atoms with van der Waals surface area (Å²) in [5, 5.41) is 10.7. The number of nitrogens with zero attached hydrogens (tertiary/aromatic N) is 2. The highest BCUT2D eigenvalue weighted by atomic mass is 16.5. The van der Waals surface area contributed by atoms with Crippen LogP contribution in [0.5, 0.6) is 17.2 Å². The zero-order valence-electron chi connectivity index (χ0n) is 19.4. The van der Waals surface area contributed by atoms with E-state index in [2.05, 4.69) is 4.90 Å². The number of ether oxygens (including phenoxy) is 2. The third-order valence-corrected chi connectivity index (χ3v) is 7.28. The van der Waals surface area contributed by atoms with E-state index in [-0.39, 0.29) is 28.8 Å². The predicted octanol–water partition coefficient (Wildman–Crippen LogP) is 3.80. The van der Waals surface area contributed by atoms with E-state index in [4.69, 9.17) is 9.47 Å². The van der Waals surface area contributed by atoms with Crippen LogP contribution < -0.4 is 15.0 Å². The molecule has 4 heterocycles. The maximum atomic E-state index is 13.1. The van der Waals surface area contributed by atoms with Crippen LogP contribution in [0.4, 0.5) is 0 Å². The van der Waals surface area contributed by atoms with Crippen molar-refractivity contribution in [2.24, 2.45) is 5.92 Å². The van der Waals surface area contributed by atoms with E-state index in [0.29, 0.717) is 41.6 Å². The number of ketones is 1. The monoisotopic (exact) mass is 470 g/mol. The first-order chi connectivity index (χ1) is 17.0. The van der Waals surface area contributed by atoms with Gasteiger partial charge < -0.3 is 19.1 Å². The van der Waals surface area contributed by atoms with Crippen molar-refractivity contribution in [2.75, 3.05) is 20.2 Å². The van der Waals surface area contributed by atoms with Gasteiger partial charge in [-0.05, 0) is 42.7 Å². The molecule has 2 aromatic carbocycles. The Labute approximate surface area is 202 Å². The molecule has 2 bridgehead atoms. The molecule has 0 spiro atoms. The largest absolute Gasteiger partial charge is 0.507 e. The molecule has 1 fully saturated rings. The van der Waals surface area contributed by atoms with Gasteiger partial charge in [0.2, 0.25) is 5.78 Å². The first-order valence-electron chi connectivity index (χ1n) is 11.9. The van der Waals surface area contributed by atoms with Gasteiger partial charge in [0.25, 0.3) is 5.56 Å². The van der Waals surface area contributed by atoms with Crippen molar-refractivity contribution in [1.82, 2.24) is 9.47 Å². The summed E-state index contributed by atoms with van der Waals surface area (Å²) in [6.45, 7) is 2.77. The number of likely N-dealkylation sites (tertiary alicyclic amines) is 1. The first kappa shape index (κ1) is 21.7. The van der Waals surface area contributed by atoms with Gasteiger partial charge in [-0.1, -0.05) is 24.3 Å². The second-order valence-corrected chi connectivity index (χ2v) is 9.51. The summed E-state index contributed by atoms with van der Waals surface area (Å²) in [5.41, 5.74) is 2.95. The SMILES string of the molecule is COc1ccccc1/C=C1\Oc2c(ccc(O)c2CN2C[C@H]3C[C@@H](C2)c2cccc(=O)n2C3)C1=O. The Kier molecular flexibility index (Phi) is 5.22. The number of piperidine rings is 1. The molecule has 1 N–H and O–H groups in total. The number of Topliss-reactive ketones (excluding diaryl/α,β-unsaturated/α-hetero) is 1. The number of hydrogen-bond donors (Lipinski definition) is 1. The third-order valence-electron chi connectivity index (χ3n) is 7.28. The van der Waals surface area contributed by atoms with Crippen molar-refractivity contribution < 1.29 is 19.4 Å². The highest BCUT2D eigenvalue weighted by molar-refractivity contribution is 6.15. The summed E-state index contributed by atoms with van der Waals surface area (Å²) in [6, 6.07) is 16.1. The summed E-state index contributed by atoms with van der Waals surface area (Å²) in [7, 11) is 1.59. The standard InChI is InChI=1S/C28H26N2O5/c1-34-24-7-3-2-5-18(24)12-25-27(33)20-9-10-23(31)21(28(20)35-25)16-29-13-17-11-19(15-29)22-6-4-8-26(32)30(22)14-17/h2-10,12,17,19,31H,11,13-16H2,1H3/b25-12-/t17-,19+/m1/s1. The zero-order chi connectivity index (χ0) is 24.1. The molecule has 2 atom stereocenters. The van der Waals surface area contributed by atoms with Gasteiger partial charge in [0.15, 0.2) is 5.76 Å². The number of rotatable bonds is 4. The molecule has 7 nitrogen and oxygen atoms in total. The first-order valence-corrected chi connectivity index (χ1v) is 11.9. The Bertz CT molecular complexity index is 1420. The van der Waals surface area contributed by atoms with E-state index < -0.39 is 0 Å². The van der Waals surface area contributed by atoms with Crippen LogP contribution in [-0.2, 0) is 13.1 Å². The molecular weight excluding hydrogens is 444 g/mol. The molecule has 178 valence electrons. The smallest absolute Gasteiger partial charge is 0.250 e. The number of phenolic OH excluding ortho intramolecular Hbond substituents is 1. The highest BCUT2D eigenvalue weighted by Gasteiger charge is 2.37. The summed E-state index contributed by atoms with van der Waals surface area (Å²) in [6.07, 6.45) is 2.74. The minimum absolute atomic E-state index is 0.0606. The quantitative estimate of drug-likeness (QED) is 0.585. The Morgan fingerprint density at radius 2 is 1.91 bits per heavy atom. The fourth-order valence-electron chi connectivity index (χ4n) is 5.72. The number of hydrogen-bond acceptors (Lipinski definition) is 6. The number of allylic oxidation sites excluding steroid dienone is 1. The van der Waals surface area contributed by atoms with Gasteiger partial charge in [-0.3, -0.25) is 14.5 Å². The lowest BCUT2D eigenvalue weighted by atomic mass is 9.83. The number of para-hydroxylation sites is 1. The molecule has 0 saturated carbocycles. The van der Waals surface area contributed by atoms with E-state index >= 15 is 0 Å². The minimum atomic E-state index is -0.212. The molecule has 0 radical (unpaired) electrons. The summed E-state index contributed by atoms with van der Waals surface area (Å²) in [4.78, 5) is 27.7. The summed E-state index contributed by atoms with van der Waals surface area (Å²) < 4.78 is 13.4. The van der Waals surface area contributed by atoms with Crippen molar-refractivity contribution in [3.05, 3.63) is 93.1 Å². The number of fused-ring (bicyclic) bond motifs is 5. The lowest BCUT2D eigenvalue weighted by Gasteiger charge is -2.42. The zero-order valence-corrected chi connectivity index (χ0v) is 19.4. The van der Waals surface area contributed by atoms with Gasteiger partial charge in [-0.2, -0.15) is 0 Å². The number of methoxy groups -OCH3 is 1. The molecule has 3 aromatic rings. The Morgan fingerprint density at radius 1 is 1.06 bits per heavy atom. The number of carbonyl (C=O) groups is 1. The second-order valence-electron chi connectivity index (χ2n) is 9.51. The lowest BCUT2D eigenvalue weighted by Crippen LogP contribution is -2.46. The van der Waals surface area contributed by atoms with Crippen LogP contribution >= 0.6 is 0 Å². The number of phenols is 1. The van der Waals surface area contributed by atoms with Crippen LogP contribution in [0.3, 0.4) is 0 Å². The number of carbonyl (C=O) groups excluding carboxylic acids is 1. The molecule has 7 heteroatoms. The molecule has 1 saturated heterocycles. The molecule has 3 aliphatic rings. The normalized spacial score (nSPS) is 22.0. The average molecular weight is 471 g/mol. The Morgan fingerprint density at radius 3 is 2.77 bits per heavy atom. The van der Waals surface area contributed by atoms with Crippen molar-refractivity contribution in [3.8, 4) is 17.2 Å². The highest BCUT2D eigenvalue weighted by Crippen LogP contribution is 2.42. The average Bonchev–Trinajstić information content (AvgIpc) is 3.17. The van der Waals surface area contributed by atoms with Crippen LogP contribution in [0, 0.1) is 5.92 Å². The maximum absolute atomic E-state index is 13.1. The Hall–Kier alpha value is -3.84. The molecule has 3 aliphatic heterocycles. The summed E-state index contributed by atoms with van der Waals surface area (Å²) in [5.74, 6) is 1.81. The Balaban J connectivity index is 1.29. The minimum Gasteiger partial charge on any atom is -0.507 e. The van der Waals surface area contributed by atoms with Crippen LogP contribution in [-0.4, -0.2) is 40.6 Å². The second kappa shape index (κ2) is 8.43. The van der Waals surface area contributed by atoms with Gasteiger partial charge in [-0.15, -0.1) is 0 Å². The number of benzene rings is 2. The molecule has 6 rings (SSSR count).